The van der Waals surface area contributed by atoms with Crippen molar-refractivity contribution >= 4 is 17.9 Å². The number of ether oxygens (including phenoxy) is 3. The molecular weight excluding hydrogens is 721 g/mol. The lowest BCUT2D eigenvalue weighted by atomic mass is 10.1. The molecule has 0 bridgehead atoms. The second kappa shape index (κ2) is 47.1. The van der Waals surface area contributed by atoms with Gasteiger partial charge in [0, 0.05) is 19.3 Å². The smallest absolute Gasteiger partial charge is 0.306 e. The zero-order chi connectivity index (χ0) is 42.3. The summed E-state index contributed by atoms with van der Waals surface area (Å²) in [6.07, 6.45) is 55.1. The molecule has 0 rings (SSSR count). The molecule has 0 aliphatic heterocycles. The van der Waals surface area contributed by atoms with Crippen molar-refractivity contribution in [2.24, 2.45) is 0 Å². The first kappa shape index (κ1) is 55.4. The molecule has 0 radical (unpaired) electrons. The molecule has 0 aromatic heterocycles. The highest BCUT2D eigenvalue weighted by atomic mass is 16.6. The Kier molecular flexibility index (Phi) is 44.9. The van der Waals surface area contributed by atoms with Crippen LogP contribution in [0.4, 0.5) is 0 Å². The van der Waals surface area contributed by atoms with Gasteiger partial charge in [-0.1, -0.05) is 191 Å². The van der Waals surface area contributed by atoms with Crippen LogP contribution >= 0.6 is 0 Å². The molecule has 1 atom stereocenters. The van der Waals surface area contributed by atoms with E-state index in [4.69, 9.17) is 14.2 Å². The average Bonchev–Trinajstić information content (AvgIpc) is 3.22. The maximum absolute atomic E-state index is 12.8. The molecular formula is C52H92O6. The van der Waals surface area contributed by atoms with Gasteiger partial charge in [-0.25, -0.2) is 0 Å². The number of carbonyl (C=O) groups is 3. The predicted octanol–water partition coefficient (Wildman–Crippen LogP) is 15.9. The molecule has 0 amide bonds. The van der Waals surface area contributed by atoms with E-state index in [1.807, 2.05) is 0 Å². The first-order valence-electron chi connectivity index (χ1n) is 24.6. The summed E-state index contributed by atoms with van der Waals surface area (Å²) in [6, 6.07) is 0. The summed E-state index contributed by atoms with van der Waals surface area (Å²) >= 11 is 0. The second-order valence-electron chi connectivity index (χ2n) is 16.4. The lowest BCUT2D eigenvalue weighted by Gasteiger charge is -2.18. The monoisotopic (exact) mass is 813 g/mol. The molecule has 0 aromatic carbocycles. The van der Waals surface area contributed by atoms with Crippen molar-refractivity contribution in [2.75, 3.05) is 13.2 Å². The molecule has 0 saturated heterocycles. The number of esters is 3. The Bertz CT molecular complexity index is 1030. The number of allylic oxidation sites excluding steroid dienone is 8. The molecule has 0 fully saturated rings. The largest absolute Gasteiger partial charge is 0.462 e. The third-order valence-corrected chi connectivity index (χ3v) is 10.6. The standard InChI is InChI=1S/C52H92O6/c1-4-7-10-13-16-19-22-24-26-28-30-33-36-39-42-45-51(54)57-48-49(47-56-50(53)44-41-38-35-32-21-18-15-12-9-6-3)58-52(55)46-43-40-37-34-31-29-27-25-23-20-17-14-11-8-5-2/h16-17,19-20,24-27,49H,4-15,18,21-23,28-48H2,1-3H3/b19-16-,20-17-,26-24-,27-25-. The lowest BCUT2D eigenvalue weighted by molar-refractivity contribution is -0.167. The minimum Gasteiger partial charge on any atom is -0.462 e. The van der Waals surface area contributed by atoms with Crippen molar-refractivity contribution in [3.8, 4) is 0 Å². The quantitative estimate of drug-likeness (QED) is 0.0264. The summed E-state index contributed by atoms with van der Waals surface area (Å²) in [4.78, 5) is 37.8. The predicted molar refractivity (Wildman–Crippen MR) is 247 cm³/mol. The highest BCUT2D eigenvalue weighted by molar-refractivity contribution is 5.71. The Morgan fingerprint density at radius 1 is 0.345 bits per heavy atom. The van der Waals surface area contributed by atoms with Gasteiger partial charge in [0.05, 0.1) is 0 Å². The fourth-order valence-corrected chi connectivity index (χ4v) is 6.80. The van der Waals surface area contributed by atoms with Crippen molar-refractivity contribution in [1.82, 2.24) is 0 Å². The zero-order valence-electron chi connectivity index (χ0n) is 38.3. The Morgan fingerprint density at radius 3 is 0.983 bits per heavy atom. The highest BCUT2D eigenvalue weighted by Crippen LogP contribution is 2.14. The van der Waals surface area contributed by atoms with E-state index in [-0.39, 0.29) is 31.1 Å². The van der Waals surface area contributed by atoms with Gasteiger partial charge in [-0.2, -0.15) is 0 Å². The molecule has 6 nitrogen and oxygen atoms in total. The molecule has 336 valence electrons. The lowest BCUT2D eigenvalue weighted by Crippen LogP contribution is -2.30. The van der Waals surface area contributed by atoms with Gasteiger partial charge in [-0.15, -0.1) is 0 Å². The number of unbranched alkanes of at least 4 members (excludes halogenated alkanes) is 25. The van der Waals surface area contributed by atoms with Crippen molar-refractivity contribution in [2.45, 2.75) is 252 Å². The number of hydrogen-bond acceptors (Lipinski definition) is 6. The fraction of sp³-hybridized carbons (Fsp3) is 0.788. The van der Waals surface area contributed by atoms with Crippen molar-refractivity contribution in [3.05, 3.63) is 48.6 Å². The maximum Gasteiger partial charge on any atom is 0.306 e. The molecule has 1 unspecified atom stereocenters. The van der Waals surface area contributed by atoms with Crippen LogP contribution in [0.3, 0.4) is 0 Å². The zero-order valence-corrected chi connectivity index (χ0v) is 38.3. The minimum atomic E-state index is -0.782. The van der Waals surface area contributed by atoms with Gasteiger partial charge in [-0.05, 0) is 83.5 Å². The van der Waals surface area contributed by atoms with Crippen LogP contribution in [0.2, 0.25) is 0 Å². The second-order valence-corrected chi connectivity index (χ2v) is 16.4. The van der Waals surface area contributed by atoms with Gasteiger partial charge in [-0.3, -0.25) is 14.4 Å². The van der Waals surface area contributed by atoms with E-state index in [0.717, 1.165) is 103 Å². The number of carbonyl (C=O) groups excluding carboxylic acids is 3. The Labute approximate surface area is 358 Å². The Hall–Kier alpha value is -2.63. The van der Waals surface area contributed by atoms with Crippen LogP contribution in [-0.2, 0) is 28.6 Å². The van der Waals surface area contributed by atoms with E-state index in [9.17, 15) is 14.4 Å². The summed E-state index contributed by atoms with van der Waals surface area (Å²) in [7, 11) is 0. The van der Waals surface area contributed by atoms with E-state index < -0.39 is 6.10 Å². The summed E-state index contributed by atoms with van der Waals surface area (Å²) in [5, 5.41) is 0. The van der Waals surface area contributed by atoms with Crippen molar-refractivity contribution in [1.29, 1.82) is 0 Å². The average molecular weight is 813 g/mol. The van der Waals surface area contributed by atoms with Gasteiger partial charge in [0.15, 0.2) is 6.10 Å². The normalized spacial score (nSPS) is 12.4. The molecule has 0 aliphatic rings. The maximum atomic E-state index is 12.8. The van der Waals surface area contributed by atoms with Crippen LogP contribution in [0.5, 0.6) is 0 Å². The Balaban J connectivity index is 4.40. The van der Waals surface area contributed by atoms with E-state index in [1.54, 1.807) is 0 Å². The summed E-state index contributed by atoms with van der Waals surface area (Å²) in [5.41, 5.74) is 0. The van der Waals surface area contributed by atoms with Crippen LogP contribution in [0.25, 0.3) is 0 Å². The third kappa shape index (κ3) is 44.5. The molecule has 0 spiro atoms. The number of hydrogen-bond donors (Lipinski definition) is 0. The molecule has 0 aliphatic carbocycles. The number of rotatable bonds is 44. The van der Waals surface area contributed by atoms with Crippen LogP contribution in [-0.4, -0.2) is 37.2 Å². The van der Waals surface area contributed by atoms with Gasteiger partial charge in [0.1, 0.15) is 13.2 Å². The Morgan fingerprint density at radius 2 is 0.621 bits per heavy atom. The van der Waals surface area contributed by atoms with Gasteiger partial charge in [0.25, 0.3) is 0 Å². The van der Waals surface area contributed by atoms with Gasteiger partial charge >= 0.3 is 17.9 Å². The topological polar surface area (TPSA) is 78.9 Å². The summed E-state index contributed by atoms with van der Waals surface area (Å²) in [6.45, 7) is 6.55. The molecule has 0 N–H and O–H groups in total. The van der Waals surface area contributed by atoms with Crippen molar-refractivity contribution < 1.29 is 28.6 Å². The first-order chi connectivity index (χ1) is 28.5. The van der Waals surface area contributed by atoms with Gasteiger partial charge < -0.3 is 14.2 Å². The SMILES string of the molecule is CCCCC/C=C\C/C=C\CCCCCCCC(=O)OCC(COC(=O)CCCCCCCCCCCC)OC(=O)CCCCCCC/C=C\C/C=C\CCCCC. The van der Waals surface area contributed by atoms with E-state index in [1.165, 1.54) is 103 Å². The van der Waals surface area contributed by atoms with Crippen LogP contribution < -0.4 is 0 Å². The first-order valence-corrected chi connectivity index (χ1v) is 24.6. The highest BCUT2D eigenvalue weighted by Gasteiger charge is 2.19. The van der Waals surface area contributed by atoms with Crippen molar-refractivity contribution in [3.63, 3.8) is 0 Å². The molecule has 58 heavy (non-hydrogen) atoms. The van der Waals surface area contributed by atoms with Gasteiger partial charge in [0.2, 0.25) is 0 Å². The van der Waals surface area contributed by atoms with Crippen LogP contribution in [0.15, 0.2) is 48.6 Å². The molecule has 0 heterocycles. The van der Waals surface area contributed by atoms with E-state index in [0.29, 0.717) is 19.3 Å². The molecule has 0 aromatic rings. The molecule has 6 heteroatoms. The van der Waals surface area contributed by atoms with E-state index in [2.05, 4.69) is 69.4 Å². The van der Waals surface area contributed by atoms with Crippen LogP contribution in [0.1, 0.15) is 245 Å². The summed E-state index contributed by atoms with van der Waals surface area (Å²) < 4.78 is 16.7. The minimum absolute atomic E-state index is 0.0819. The summed E-state index contributed by atoms with van der Waals surface area (Å²) in [5.74, 6) is -0.908. The molecule has 0 saturated carbocycles. The van der Waals surface area contributed by atoms with E-state index >= 15 is 0 Å². The third-order valence-electron chi connectivity index (χ3n) is 10.6. The fourth-order valence-electron chi connectivity index (χ4n) is 6.80. The van der Waals surface area contributed by atoms with Crippen LogP contribution in [0, 0.1) is 0 Å².